The molecule has 3 aliphatic heterocycles. The number of halogens is 3. The minimum atomic E-state index is -4.73. The number of hydrogen-bond acceptors (Lipinski definition) is 4. The molecule has 5 nitrogen and oxygen atoms in total. The smallest absolute Gasteiger partial charge is 0.370 e. The molecule has 0 spiro atoms. The van der Waals surface area contributed by atoms with Crippen LogP contribution in [0.1, 0.15) is 30.9 Å². The lowest BCUT2D eigenvalue weighted by Gasteiger charge is -2.28. The molecule has 3 fully saturated rings. The van der Waals surface area contributed by atoms with Gasteiger partial charge in [-0.05, 0) is 38.0 Å². The summed E-state index contributed by atoms with van der Waals surface area (Å²) in [6.45, 7) is 1.87. The molecular formula is C16H15F3N2O3S. The van der Waals surface area contributed by atoms with Crippen LogP contribution in [-0.4, -0.2) is 31.9 Å². The number of anilines is 1. The first-order valence-corrected chi connectivity index (χ1v) is 9.39. The van der Waals surface area contributed by atoms with Crippen molar-refractivity contribution < 1.29 is 26.3 Å². The lowest BCUT2D eigenvalue weighted by molar-refractivity contribution is -0.137. The number of benzene rings is 1. The molecule has 3 saturated heterocycles. The van der Waals surface area contributed by atoms with E-state index >= 15 is 0 Å². The number of sulfonamides is 1. The van der Waals surface area contributed by atoms with Crippen LogP contribution >= 0.6 is 0 Å². The van der Waals surface area contributed by atoms with E-state index in [0.29, 0.717) is 6.42 Å². The Morgan fingerprint density at radius 1 is 1.40 bits per heavy atom. The molecule has 3 heterocycles. The molecule has 2 bridgehead atoms. The molecule has 4 atom stereocenters. The molecule has 4 rings (SSSR count). The van der Waals surface area contributed by atoms with Crippen molar-refractivity contribution in [3.8, 4) is 6.07 Å². The third-order valence-electron chi connectivity index (χ3n) is 5.54. The Bertz CT molecular complexity index is 893. The SMILES string of the molecule is C[C@]12CC[C@H](O1)[C@H]1CN(c3ccc(C#N)c(C(F)(F)F)c3)S(=O)(=O)[C@H]12. The monoisotopic (exact) mass is 372 g/mol. The van der Waals surface area contributed by atoms with E-state index in [4.69, 9.17) is 10.00 Å². The minimum Gasteiger partial charge on any atom is -0.370 e. The van der Waals surface area contributed by atoms with Gasteiger partial charge in [0.05, 0.1) is 34.6 Å². The summed E-state index contributed by atoms with van der Waals surface area (Å²) in [5.41, 5.74) is -2.47. The average molecular weight is 372 g/mol. The average Bonchev–Trinajstić information content (AvgIpc) is 3.13. The zero-order chi connectivity index (χ0) is 18.2. The molecule has 0 aliphatic carbocycles. The van der Waals surface area contributed by atoms with Gasteiger partial charge in [-0.15, -0.1) is 0 Å². The van der Waals surface area contributed by atoms with E-state index in [1.54, 1.807) is 6.92 Å². The van der Waals surface area contributed by atoms with E-state index in [9.17, 15) is 21.6 Å². The van der Waals surface area contributed by atoms with E-state index in [0.717, 1.165) is 22.9 Å². The molecule has 3 aliphatic rings. The topological polar surface area (TPSA) is 70.4 Å². The Labute approximate surface area is 143 Å². The summed E-state index contributed by atoms with van der Waals surface area (Å²) in [5, 5.41) is 8.15. The zero-order valence-corrected chi connectivity index (χ0v) is 14.1. The number of nitrogens with zero attached hydrogens (tertiary/aromatic N) is 2. The summed E-state index contributed by atoms with van der Waals surface area (Å²) >= 11 is 0. The van der Waals surface area contributed by atoms with Gasteiger partial charge in [0, 0.05) is 12.5 Å². The number of alkyl halides is 3. The zero-order valence-electron chi connectivity index (χ0n) is 13.2. The maximum atomic E-state index is 13.2. The van der Waals surface area contributed by atoms with Gasteiger partial charge in [0.2, 0.25) is 10.0 Å². The van der Waals surface area contributed by atoms with Crippen LogP contribution in [0.2, 0.25) is 0 Å². The van der Waals surface area contributed by atoms with Gasteiger partial charge in [-0.2, -0.15) is 18.4 Å². The second kappa shape index (κ2) is 4.89. The Hall–Kier alpha value is -1.79. The quantitative estimate of drug-likeness (QED) is 0.760. The Morgan fingerprint density at radius 3 is 2.72 bits per heavy atom. The maximum absolute atomic E-state index is 13.2. The normalized spacial score (nSPS) is 35.6. The highest BCUT2D eigenvalue weighted by atomic mass is 32.2. The molecule has 134 valence electrons. The highest BCUT2D eigenvalue weighted by Gasteiger charge is 2.66. The molecule has 0 radical (unpaired) electrons. The molecule has 0 N–H and O–H groups in total. The van der Waals surface area contributed by atoms with E-state index in [2.05, 4.69) is 0 Å². The highest BCUT2D eigenvalue weighted by molar-refractivity contribution is 7.93. The van der Waals surface area contributed by atoms with E-state index in [1.165, 1.54) is 12.1 Å². The predicted molar refractivity (Wildman–Crippen MR) is 82.2 cm³/mol. The Kier molecular flexibility index (Phi) is 3.26. The van der Waals surface area contributed by atoms with Crippen molar-refractivity contribution in [2.24, 2.45) is 5.92 Å². The second-order valence-electron chi connectivity index (χ2n) is 7.01. The Balaban J connectivity index is 1.79. The largest absolute Gasteiger partial charge is 0.417 e. The van der Waals surface area contributed by atoms with Crippen LogP contribution in [0.5, 0.6) is 0 Å². The summed E-state index contributed by atoms with van der Waals surface area (Å²) in [6.07, 6.45) is -3.50. The first-order valence-electron chi connectivity index (χ1n) is 7.89. The maximum Gasteiger partial charge on any atom is 0.417 e. The van der Waals surface area contributed by atoms with E-state index < -0.39 is 38.2 Å². The van der Waals surface area contributed by atoms with Gasteiger partial charge in [0.1, 0.15) is 5.25 Å². The van der Waals surface area contributed by atoms with Gasteiger partial charge in [-0.3, -0.25) is 4.31 Å². The number of nitriles is 1. The molecular weight excluding hydrogens is 357 g/mol. The molecule has 0 saturated carbocycles. The van der Waals surface area contributed by atoms with Gasteiger partial charge in [-0.25, -0.2) is 8.42 Å². The van der Waals surface area contributed by atoms with Gasteiger partial charge in [0.25, 0.3) is 0 Å². The van der Waals surface area contributed by atoms with Crippen LogP contribution < -0.4 is 4.31 Å². The van der Waals surface area contributed by atoms with Crippen LogP contribution in [-0.2, 0) is 20.9 Å². The summed E-state index contributed by atoms with van der Waals surface area (Å²) < 4.78 is 72.4. The van der Waals surface area contributed by atoms with Crippen molar-refractivity contribution in [2.75, 3.05) is 10.8 Å². The van der Waals surface area contributed by atoms with Crippen LogP contribution in [0.25, 0.3) is 0 Å². The summed E-state index contributed by atoms with van der Waals surface area (Å²) in [7, 11) is -3.83. The molecule has 1 aromatic carbocycles. The van der Waals surface area contributed by atoms with Gasteiger partial charge >= 0.3 is 6.18 Å². The fourth-order valence-corrected chi connectivity index (χ4v) is 7.07. The summed E-state index contributed by atoms with van der Waals surface area (Å²) in [5.74, 6) is -0.242. The number of rotatable bonds is 1. The molecule has 0 unspecified atom stereocenters. The van der Waals surface area contributed by atoms with E-state index in [1.807, 2.05) is 0 Å². The first-order chi connectivity index (χ1) is 11.6. The molecule has 0 amide bonds. The number of ether oxygens (including phenoxy) is 1. The van der Waals surface area contributed by atoms with Gasteiger partial charge in [0.15, 0.2) is 0 Å². The number of hydrogen-bond donors (Lipinski definition) is 0. The molecule has 0 aromatic heterocycles. The van der Waals surface area contributed by atoms with Crippen LogP contribution in [0.3, 0.4) is 0 Å². The lowest BCUT2D eigenvalue weighted by Crippen LogP contribution is -2.44. The molecule has 9 heteroatoms. The van der Waals surface area contributed by atoms with Crippen LogP contribution in [0.4, 0.5) is 18.9 Å². The first kappa shape index (κ1) is 16.7. The van der Waals surface area contributed by atoms with E-state index in [-0.39, 0.29) is 24.3 Å². The standard InChI is InChI=1S/C16H15F3N2O3S/c1-15-5-4-13(24-15)11-8-21(25(22,23)14(11)15)10-3-2-9(7-20)12(6-10)16(17,18)19/h2-3,6,11,13-14H,4-5,8H2,1H3/t11-,13+,14-,15-/m1/s1. The number of fused-ring (bicyclic) bond motifs is 5. The fourth-order valence-electron chi connectivity index (χ4n) is 4.50. The third-order valence-corrected chi connectivity index (χ3v) is 8.00. The fraction of sp³-hybridized carbons (Fsp3) is 0.562. The van der Waals surface area contributed by atoms with Crippen molar-refractivity contribution in [3.05, 3.63) is 29.3 Å². The molecule has 25 heavy (non-hydrogen) atoms. The van der Waals surface area contributed by atoms with Gasteiger partial charge in [-0.1, -0.05) is 0 Å². The summed E-state index contributed by atoms with van der Waals surface area (Å²) in [4.78, 5) is 0. The van der Waals surface area contributed by atoms with Crippen molar-refractivity contribution >= 4 is 15.7 Å². The lowest BCUT2D eigenvalue weighted by atomic mass is 9.82. The van der Waals surface area contributed by atoms with Gasteiger partial charge < -0.3 is 4.74 Å². The van der Waals surface area contributed by atoms with Crippen LogP contribution in [0, 0.1) is 17.2 Å². The highest BCUT2D eigenvalue weighted by Crippen LogP contribution is 2.54. The third kappa shape index (κ3) is 2.20. The minimum absolute atomic E-state index is 0.0521. The van der Waals surface area contributed by atoms with Crippen molar-refractivity contribution in [3.63, 3.8) is 0 Å². The van der Waals surface area contributed by atoms with Crippen LogP contribution in [0.15, 0.2) is 18.2 Å². The predicted octanol–water partition coefficient (Wildman–Crippen LogP) is 2.66. The van der Waals surface area contributed by atoms with Crippen molar-refractivity contribution in [2.45, 2.75) is 42.9 Å². The Morgan fingerprint density at radius 2 is 2.12 bits per heavy atom. The van der Waals surface area contributed by atoms with Crippen molar-refractivity contribution in [1.82, 2.24) is 0 Å². The summed E-state index contributed by atoms with van der Waals surface area (Å²) in [6, 6.07) is 4.54. The molecule has 1 aromatic rings. The second-order valence-corrected chi connectivity index (χ2v) is 8.99. The van der Waals surface area contributed by atoms with Crippen molar-refractivity contribution in [1.29, 1.82) is 5.26 Å².